The molecule has 1 aliphatic rings. The zero-order chi connectivity index (χ0) is 18.7. The number of rotatable bonds is 4. The molecule has 0 atom stereocenters. The normalized spacial score (nSPS) is 14.3. The van der Waals surface area contributed by atoms with Crippen molar-refractivity contribution in [3.63, 3.8) is 0 Å². The summed E-state index contributed by atoms with van der Waals surface area (Å²) in [5.74, 6) is -0.510. The highest BCUT2D eigenvalue weighted by Crippen LogP contribution is 2.24. The third-order valence-corrected chi connectivity index (χ3v) is 3.64. The second kappa shape index (κ2) is 6.92. The minimum absolute atomic E-state index is 0.209. The van der Waals surface area contributed by atoms with Crippen molar-refractivity contribution in [2.75, 3.05) is 13.1 Å². The van der Waals surface area contributed by atoms with Gasteiger partial charge in [0.15, 0.2) is 0 Å². The largest absolute Gasteiger partial charge is 0.573 e. The minimum Gasteiger partial charge on any atom is -0.470 e. The van der Waals surface area contributed by atoms with Gasteiger partial charge in [-0.05, 0) is 36.4 Å². The Hall–Kier alpha value is -3.28. The fourth-order valence-electron chi connectivity index (χ4n) is 2.39. The third kappa shape index (κ3) is 4.03. The van der Waals surface area contributed by atoms with Crippen LogP contribution in [0, 0.1) is 11.3 Å². The van der Waals surface area contributed by atoms with Gasteiger partial charge >= 0.3 is 6.36 Å². The molecule has 1 amide bonds. The van der Waals surface area contributed by atoms with E-state index < -0.39 is 12.1 Å². The van der Waals surface area contributed by atoms with Gasteiger partial charge in [-0.3, -0.25) is 4.79 Å². The second-order valence-corrected chi connectivity index (χ2v) is 5.49. The van der Waals surface area contributed by atoms with Gasteiger partial charge in [-0.15, -0.1) is 13.2 Å². The standard InChI is InChI=1S/C17H12F3N3O3/c18-17(19,20)26-13-5-3-11(4-6-13)16(24)23-9-14(10-23)25-15-12(8-21)2-1-7-22-15/h1-7,14H,9-10H2. The Kier molecular flexibility index (Phi) is 4.67. The molecule has 134 valence electrons. The fraction of sp³-hybridized carbons (Fsp3) is 0.235. The molecule has 1 saturated heterocycles. The van der Waals surface area contributed by atoms with Crippen molar-refractivity contribution in [1.82, 2.24) is 9.88 Å². The van der Waals surface area contributed by atoms with Crippen molar-refractivity contribution >= 4 is 5.91 Å². The number of carbonyl (C=O) groups excluding carboxylic acids is 1. The number of carbonyl (C=O) groups is 1. The fourth-order valence-corrected chi connectivity index (χ4v) is 2.39. The Morgan fingerprint density at radius 1 is 1.23 bits per heavy atom. The highest BCUT2D eigenvalue weighted by Gasteiger charge is 2.34. The van der Waals surface area contributed by atoms with Gasteiger partial charge < -0.3 is 14.4 Å². The Morgan fingerprint density at radius 2 is 1.92 bits per heavy atom. The van der Waals surface area contributed by atoms with Crippen LogP contribution < -0.4 is 9.47 Å². The zero-order valence-electron chi connectivity index (χ0n) is 13.2. The van der Waals surface area contributed by atoms with Gasteiger partial charge in [0.25, 0.3) is 5.91 Å². The van der Waals surface area contributed by atoms with Crippen molar-refractivity contribution in [3.05, 3.63) is 53.7 Å². The summed E-state index contributed by atoms with van der Waals surface area (Å²) in [6.45, 7) is 0.585. The van der Waals surface area contributed by atoms with E-state index in [1.807, 2.05) is 6.07 Å². The molecule has 1 aromatic carbocycles. The molecule has 2 heterocycles. The number of hydrogen-bond donors (Lipinski definition) is 0. The number of benzene rings is 1. The van der Waals surface area contributed by atoms with Gasteiger partial charge in [0, 0.05) is 11.8 Å². The number of nitriles is 1. The first-order valence-corrected chi connectivity index (χ1v) is 7.52. The topological polar surface area (TPSA) is 75.5 Å². The quantitative estimate of drug-likeness (QED) is 0.835. The lowest BCUT2D eigenvalue weighted by atomic mass is 10.1. The lowest BCUT2D eigenvalue weighted by Gasteiger charge is -2.38. The average molecular weight is 363 g/mol. The maximum atomic E-state index is 12.3. The third-order valence-electron chi connectivity index (χ3n) is 3.64. The SMILES string of the molecule is N#Cc1cccnc1OC1CN(C(=O)c2ccc(OC(F)(F)F)cc2)C1. The number of hydrogen-bond acceptors (Lipinski definition) is 5. The highest BCUT2D eigenvalue weighted by molar-refractivity contribution is 5.94. The molecule has 0 saturated carbocycles. The molecule has 3 rings (SSSR count). The molecule has 0 spiro atoms. The van der Waals surface area contributed by atoms with E-state index in [0.717, 1.165) is 12.1 Å². The Morgan fingerprint density at radius 3 is 2.54 bits per heavy atom. The van der Waals surface area contributed by atoms with E-state index in [2.05, 4.69) is 9.72 Å². The molecule has 1 fully saturated rings. The lowest BCUT2D eigenvalue weighted by Crippen LogP contribution is -2.56. The van der Waals surface area contributed by atoms with Crippen LogP contribution in [0.4, 0.5) is 13.2 Å². The monoisotopic (exact) mass is 363 g/mol. The van der Waals surface area contributed by atoms with Gasteiger partial charge in [-0.25, -0.2) is 4.98 Å². The smallest absolute Gasteiger partial charge is 0.470 e. The van der Waals surface area contributed by atoms with Crippen molar-refractivity contribution in [1.29, 1.82) is 5.26 Å². The van der Waals surface area contributed by atoms with Crippen LogP contribution >= 0.6 is 0 Å². The van der Waals surface area contributed by atoms with Gasteiger partial charge in [-0.2, -0.15) is 5.26 Å². The molecule has 1 aliphatic heterocycles. The molecule has 0 N–H and O–H groups in total. The molecule has 1 aromatic heterocycles. The number of nitrogens with zero attached hydrogens (tertiary/aromatic N) is 3. The van der Waals surface area contributed by atoms with Gasteiger partial charge in [0.05, 0.1) is 13.1 Å². The van der Waals surface area contributed by atoms with Crippen LogP contribution in [0.15, 0.2) is 42.6 Å². The molecular formula is C17H12F3N3O3. The molecule has 0 radical (unpaired) electrons. The Labute approximate surface area is 146 Å². The molecule has 9 heteroatoms. The van der Waals surface area contributed by atoms with E-state index in [9.17, 15) is 18.0 Å². The first-order chi connectivity index (χ1) is 12.4. The predicted molar refractivity (Wildman–Crippen MR) is 82.4 cm³/mol. The number of alkyl halides is 3. The van der Waals surface area contributed by atoms with E-state index in [4.69, 9.17) is 10.00 Å². The van der Waals surface area contributed by atoms with Crippen LogP contribution in [0.3, 0.4) is 0 Å². The van der Waals surface area contributed by atoms with Crippen molar-refractivity contribution in [3.8, 4) is 17.7 Å². The summed E-state index contributed by atoms with van der Waals surface area (Å²) in [6, 6.07) is 9.87. The lowest BCUT2D eigenvalue weighted by molar-refractivity contribution is -0.274. The molecule has 0 unspecified atom stereocenters. The molecule has 0 bridgehead atoms. The summed E-state index contributed by atoms with van der Waals surface area (Å²) in [5.41, 5.74) is 0.547. The van der Waals surface area contributed by atoms with Crippen molar-refractivity contribution < 1.29 is 27.4 Å². The molecular weight excluding hydrogens is 351 g/mol. The Bertz CT molecular complexity index is 841. The van der Waals surface area contributed by atoms with Gasteiger partial charge in [0.2, 0.25) is 5.88 Å². The second-order valence-electron chi connectivity index (χ2n) is 5.49. The zero-order valence-corrected chi connectivity index (χ0v) is 13.2. The summed E-state index contributed by atoms with van der Waals surface area (Å²) in [6.07, 6.45) is -3.57. The number of pyridine rings is 1. The first kappa shape index (κ1) is 17.5. The molecule has 2 aromatic rings. The maximum Gasteiger partial charge on any atom is 0.573 e. The first-order valence-electron chi connectivity index (χ1n) is 7.52. The van der Waals surface area contributed by atoms with Crippen LogP contribution in [-0.4, -0.2) is 41.3 Å². The summed E-state index contributed by atoms with van der Waals surface area (Å²) in [7, 11) is 0. The summed E-state index contributed by atoms with van der Waals surface area (Å²) < 4.78 is 45.8. The van der Waals surface area contributed by atoms with Crippen molar-refractivity contribution in [2.24, 2.45) is 0 Å². The summed E-state index contributed by atoms with van der Waals surface area (Å²) in [5, 5.41) is 8.99. The van der Waals surface area contributed by atoms with Crippen LogP contribution in [0.5, 0.6) is 11.6 Å². The Balaban J connectivity index is 1.56. The maximum absolute atomic E-state index is 12.3. The van der Waals surface area contributed by atoms with Crippen LogP contribution in [-0.2, 0) is 0 Å². The summed E-state index contributed by atoms with van der Waals surface area (Å²) in [4.78, 5) is 17.8. The number of halogens is 3. The average Bonchev–Trinajstić information content (AvgIpc) is 2.57. The number of aromatic nitrogens is 1. The van der Waals surface area contributed by atoms with Gasteiger partial charge in [-0.1, -0.05) is 0 Å². The van der Waals surface area contributed by atoms with E-state index in [0.29, 0.717) is 18.7 Å². The minimum atomic E-state index is -4.78. The molecule has 6 nitrogen and oxygen atoms in total. The van der Waals surface area contributed by atoms with Gasteiger partial charge in [0.1, 0.15) is 23.5 Å². The van der Waals surface area contributed by atoms with E-state index >= 15 is 0 Å². The molecule has 26 heavy (non-hydrogen) atoms. The summed E-state index contributed by atoms with van der Waals surface area (Å²) >= 11 is 0. The van der Waals surface area contributed by atoms with E-state index in [1.165, 1.54) is 23.2 Å². The predicted octanol–water partition coefficient (Wildman–Crippen LogP) is 2.76. The van der Waals surface area contributed by atoms with E-state index in [1.54, 1.807) is 12.1 Å². The number of amides is 1. The number of likely N-dealkylation sites (tertiary alicyclic amines) is 1. The van der Waals surface area contributed by atoms with Crippen LogP contribution in [0.25, 0.3) is 0 Å². The highest BCUT2D eigenvalue weighted by atomic mass is 19.4. The molecule has 0 aliphatic carbocycles. The van der Waals surface area contributed by atoms with Crippen molar-refractivity contribution in [2.45, 2.75) is 12.5 Å². The van der Waals surface area contributed by atoms with Crippen LogP contribution in [0.1, 0.15) is 15.9 Å². The number of ether oxygens (including phenoxy) is 2. The van der Waals surface area contributed by atoms with E-state index in [-0.39, 0.29) is 23.5 Å². The van der Waals surface area contributed by atoms with Crippen LogP contribution in [0.2, 0.25) is 0 Å².